The van der Waals surface area contributed by atoms with Crippen LogP contribution < -0.4 is 0 Å². The lowest BCUT2D eigenvalue weighted by molar-refractivity contribution is 0.0475. The van der Waals surface area contributed by atoms with Gasteiger partial charge in [0.05, 0.1) is 16.3 Å². The number of carbonyl (C=O) groups is 2. The molecule has 3 aromatic rings. The predicted octanol–water partition coefficient (Wildman–Crippen LogP) is 4.38. The van der Waals surface area contributed by atoms with E-state index in [0.717, 1.165) is 4.88 Å². The summed E-state index contributed by atoms with van der Waals surface area (Å²) in [6, 6.07) is 9.04. The number of Topliss-reactive ketones (excluding diaryl/α,β-unsaturated/α-hetero) is 1. The van der Waals surface area contributed by atoms with Crippen LogP contribution in [0.3, 0.4) is 0 Å². The first-order valence-corrected chi connectivity index (χ1v) is 8.84. The molecular weight excluding hydrogens is 379 g/mol. The van der Waals surface area contributed by atoms with Gasteiger partial charge < -0.3 is 4.74 Å². The third-order valence-electron chi connectivity index (χ3n) is 3.63. The molecule has 134 valence electrons. The minimum Gasteiger partial charge on any atom is -0.454 e. The number of ether oxygens (including phenoxy) is 1. The average molecular weight is 393 g/mol. The second-order valence-corrected chi connectivity index (χ2v) is 7.19. The van der Waals surface area contributed by atoms with Crippen LogP contribution in [0.15, 0.2) is 36.4 Å². The molecule has 0 aliphatic rings. The van der Waals surface area contributed by atoms with Gasteiger partial charge in [-0.2, -0.15) is 5.10 Å². The third-order valence-corrected chi connectivity index (χ3v) is 5.02. The Morgan fingerprint density at radius 1 is 1.19 bits per heavy atom. The number of aromatic nitrogens is 2. The van der Waals surface area contributed by atoms with Crippen molar-refractivity contribution in [3.8, 4) is 5.69 Å². The van der Waals surface area contributed by atoms with Gasteiger partial charge in [0.15, 0.2) is 6.61 Å². The van der Waals surface area contributed by atoms with E-state index in [-0.39, 0.29) is 23.1 Å². The number of benzene rings is 1. The van der Waals surface area contributed by atoms with Crippen LogP contribution in [0.25, 0.3) is 5.69 Å². The number of carbonyl (C=O) groups excluding carboxylic acids is 2. The van der Waals surface area contributed by atoms with E-state index < -0.39 is 11.8 Å². The molecule has 5 nitrogen and oxygen atoms in total. The van der Waals surface area contributed by atoms with E-state index in [2.05, 4.69) is 5.10 Å². The summed E-state index contributed by atoms with van der Waals surface area (Å²) in [6.45, 7) is 3.11. The lowest BCUT2D eigenvalue weighted by atomic mass is 10.2. The van der Waals surface area contributed by atoms with E-state index in [1.54, 1.807) is 13.0 Å². The standard InChI is InChI=1S/C18H14ClFN2O3S/c1-10-3-8-15(26-10)14(23)9-25-18(24)16-11(2)21-22(17(16)19)13-6-4-12(20)5-7-13/h3-8H,9H2,1-2H3. The lowest BCUT2D eigenvalue weighted by Crippen LogP contribution is -2.14. The van der Waals surface area contributed by atoms with Gasteiger partial charge >= 0.3 is 5.97 Å². The summed E-state index contributed by atoms with van der Waals surface area (Å²) in [5.41, 5.74) is 0.929. The minimum atomic E-state index is -0.734. The first-order chi connectivity index (χ1) is 12.4. The van der Waals surface area contributed by atoms with E-state index in [9.17, 15) is 14.0 Å². The first-order valence-electron chi connectivity index (χ1n) is 7.64. The monoisotopic (exact) mass is 392 g/mol. The summed E-state index contributed by atoms with van der Waals surface area (Å²) in [5, 5.41) is 4.24. The summed E-state index contributed by atoms with van der Waals surface area (Å²) >= 11 is 7.60. The molecular formula is C18H14ClFN2O3S. The van der Waals surface area contributed by atoms with Gasteiger partial charge in [-0.05, 0) is 50.2 Å². The quantitative estimate of drug-likeness (QED) is 0.477. The Morgan fingerprint density at radius 3 is 2.50 bits per heavy atom. The van der Waals surface area contributed by atoms with Crippen LogP contribution in [-0.4, -0.2) is 28.1 Å². The van der Waals surface area contributed by atoms with Gasteiger partial charge in [-0.15, -0.1) is 11.3 Å². The van der Waals surface area contributed by atoms with Gasteiger partial charge in [-0.1, -0.05) is 11.6 Å². The smallest absolute Gasteiger partial charge is 0.343 e. The molecule has 2 aromatic heterocycles. The highest BCUT2D eigenvalue weighted by Gasteiger charge is 2.23. The summed E-state index contributed by atoms with van der Waals surface area (Å²) < 4.78 is 19.5. The Bertz CT molecular complexity index is 979. The lowest BCUT2D eigenvalue weighted by Gasteiger charge is -2.04. The molecule has 0 fully saturated rings. The predicted molar refractivity (Wildman–Crippen MR) is 96.9 cm³/mol. The average Bonchev–Trinajstić information content (AvgIpc) is 3.16. The zero-order valence-corrected chi connectivity index (χ0v) is 15.5. The maximum absolute atomic E-state index is 13.1. The number of hydrogen-bond donors (Lipinski definition) is 0. The van der Waals surface area contributed by atoms with E-state index in [4.69, 9.17) is 16.3 Å². The highest BCUT2D eigenvalue weighted by atomic mass is 35.5. The van der Waals surface area contributed by atoms with Gasteiger partial charge in [0, 0.05) is 4.88 Å². The highest BCUT2D eigenvalue weighted by molar-refractivity contribution is 7.14. The largest absolute Gasteiger partial charge is 0.454 e. The molecule has 1 aromatic carbocycles. The molecule has 0 saturated heterocycles. The molecule has 0 N–H and O–H groups in total. The van der Waals surface area contributed by atoms with Crippen LogP contribution in [0, 0.1) is 19.7 Å². The molecule has 26 heavy (non-hydrogen) atoms. The van der Waals surface area contributed by atoms with Crippen molar-refractivity contribution in [3.63, 3.8) is 0 Å². The fourth-order valence-electron chi connectivity index (χ4n) is 2.34. The Morgan fingerprint density at radius 2 is 1.88 bits per heavy atom. The topological polar surface area (TPSA) is 61.2 Å². The molecule has 0 aliphatic carbocycles. The van der Waals surface area contributed by atoms with Crippen LogP contribution in [0.2, 0.25) is 5.15 Å². The van der Waals surface area contributed by atoms with Crippen molar-refractivity contribution < 1.29 is 18.7 Å². The molecule has 0 unspecified atom stereocenters. The van der Waals surface area contributed by atoms with Crippen molar-refractivity contribution in [2.75, 3.05) is 6.61 Å². The number of thiophene rings is 1. The highest BCUT2D eigenvalue weighted by Crippen LogP contribution is 2.24. The Kier molecular flexibility index (Phi) is 5.20. The molecule has 0 bridgehead atoms. The SMILES string of the molecule is Cc1ccc(C(=O)COC(=O)c2c(C)nn(-c3ccc(F)cc3)c2Cl)s1. The molecule has 3 rings (SSSR count). The number of halogens is 2. The Balaban J connectivity index is 1.77. The summed E-state index contributed by atoms with van der Waals surface area (Å²) in [6.07, 6.45) is 0. The molecule has 0 spiro atoms. The van der Waals surface area contributed by atoms with Gasteiger partial charge in [0.2, 0.25) is 5.78 Å². The first kappa shape index (κ1) is 18.3. The number of hydrogen-bond acceptors (Lipinski definition) is 5. The second kappa shape index (κ2) is 7.39. The molecule has 8 heteroatoms. The van der Waals surface area contributed by atoms with Crippen LogP contribution in [0.5, 0.6) is 0 Å². The van der Waals surface area contributed by atoms with Crippen molar-refractivity contribution in [3.05, 3.63) is 68.4 Å². The van der Waals surface area contributed by atoms with Crippen LogP contribution >= 0.6 is 22.9 Å². The van der Waals surface area contributed by atoms with Crippen LogP contribution in [-0.2, 0) is 4.74 Å². The van der Waals surface area contributed by atoms with E-state index in [0.29, 0.717) is 16.3 Å². The van der Waals surface area contributed by atoms with Crippen molar-refractivity contribution in [2.45, 2.75) is 13.8 Å². The summed E-state index contributed by atoms with van der Waals surface area (Å²) in [7, 11) is 0. The second-order valence-electron chi connectivity index (χ2n) is 5.55. The third kappa shape index (κ3) is 3.68. The number of rotatable bonds is 5. The van der Waals surface area contributed by atoms with Crippen molar-refractivity contribution in [1.82, 2.24) is 9.78 Å². The van der Waals surface area contributed by atoms with Gasteiger partial charge in [-0.25, -0.2) is 13.9 Å². The fraction of sp³-hybridized carbons (Fsp3) is 0.167. The van der Waals surface area contributed by atoms with Crippen molar-refractivity contribution >= 4 is 34.7 Å². The van der Waals surface area contributed by atoms with Crippen molar-refractivity contribution in [2.24, 2.45) is 0 Å². The Labute approximate surface area is 158 Å². The van der Waals surface area contributed by atoms with Crippen molar-refractivity contribution in [1.29, 1.82) is 0 Å². The summed E-state index contributed by atoms with van der Waals surface area (Å²) in [4.78, 5) is 26.0. The number of aryl methyl sites for hydroxylation is 2. The number of nitrogens with zero attached hydrogens (tertiary/aromatic N) is 2. The zero-order valence-electron chi connectivity index (χ0n) is 14.0. The maximum atomic E-state index is 13.1. The number of ketones is 1. The van der Waals surface area contributed by atoms with Gasteiger partial charge in [-0.3, -0.25) is 4.79 Å². The van der Waals surface area contributed by atoms with Gasteiger partial charge in [0.25, 0.3) is 0 Å². The van der Waals surface area contributed by atoms with Gasteiger partial charge in [0.1, 0.15) is 16.5 Å². The zero-order chi connectivity index (χ0) is 18.8. The number of esters is 1. The van der Waals surface area contributed by atoms with E-state index in [1.807, 2.05) is 13.0 Å². The molecule has 0 atom stereocenters. The molecule has 0 amide bonds. The molecule has 0 saturated carbocycles. The molecule has 0 aliphatic heterocycles. The summed E-state index contributed by atoms with van der Waals surface area (Å²) in [5.74, 6) is -1.41. The maximum Gasteiger partial charge on any atom is 0.343 e. The fourth-order valence-corrected chi connectivity index (χ4v) is 3.48. The van der Waals surface area contributed by atoms with E-state index >= 15 is 0 Å². The van der Waals surface area contributed by atoms with Crippen LogP contribution in [0.4, 0.5) is 4.39 Å². The molecule has 0 radical (unpaired) electrons. The minimum absolute atomic E-state index is 0.0403. The molecule has 2 heterocycles. The van der Waals surface area contributed by atoms with E-state index in [1.165, 1.54) is 40.3 Å². The Hall–Kier alpha value is -2.51. The normalized spacial score (nSPS) is 10.8. The van der Waals surface area contributed by atoms with Crippen LogP contribution in [0.1, 0.15) is 30.6 Å².